The molecule has 0 bridgehead atoms. The van der Waals surface area contributed by atoms with Crippen LogP contribution in [0.1, 0.15) is 208 Å². The fraction of sp³-hybridized carbons (Fsp3) is 0.723. The van der Waals surface area contributed by atoms with E-state index in [1.165, 1.54) is 34.8 Å². The van der Waals surface area contributed by atoms with Crippen molar-refractivity contribution in [3.8, 4) is 0 Å². The van der Waals surface area contributed by atoms with Gasteiger partial charge in [-0.1, -0.05) is 41.5 Å². The Kier molecular flexibility index (Phi) is 50.2. The van der Waals surface area contributed by atoms with E-state index in [4.69, 9.17) is 34.4 Å². The number of aliphatic hydroxyl groups is 2. The second-order valence-electron chi connectivity index (χ2n) is 34.0. The molecule has 0 aromatic carbocycles. The van der Waals surface area contributed by atoms with E-state index in [1.807, 2.05) is 27.7 Å². The summed E-state index contributed by atoms with van der Waals surface area (Å²) in [6.45, 7) is 11.4. The van der Waals surface area contributed by atoms with E-state index in [0.29, 0.717) is 64.3 Å². The Morgan fingerprint density at radius 2 is 0.775 bits per heavy atom. The summed E-state index contributed by atoms with van der Waals surface area (Å²) in [6, 6.07) is -21.4. The number of aliphatic hydroxyl groups excluding tert-OH is 2. The van der Waals surface area contributed by atoms with Crippen LogP contribution >= 0.6 is 0 Å². The van der Waals surface area contributed by atoms with Crippen LogP contribution < -0.4 is 104 Å². The van der Waals surface area contributed by atoms with Crippen molar-refractivity contribution in [3.63, 3.8) is 0 Å². The standard InChI is InChI=1S/C83H143N25O21/c1-46(2)36-58(103-79(124)67(89)48(5)6)73(118)104-61(37-47(3)4)82(127)108-35-19-26-64(108)78(123)98-53(21-9-14-30-85)70(115)96-54(22-10-15-31-86)72(117)106-68(49(7)110)80(125)99-55(27-28-66(112)113)71(116)105-62(43-109)76(121)102-60(39-51-41-91-45-94-51)75(120)101-59(38-50-40-90-44-93-50)74(119)100-56(23-11-16-32-87)81(126)107-34-18-25-63(107)77(122)97-52(20-8-13-29-84)69(114)92-42-65(111)95-57(83(128)129)24-12-17-33-88/h40-41,44-49,52-64,67-68,109-110H,8-39,42-43,84-89H2,1-7H3,(H,90,93)(H,91,94)(H,92,114)(H,95,111)(H,96,115)(H,97,122)(H,98,123)(H,99,125)(H,100,119)(H,101,120)(H,102,121)(H,103,124)(H,104,118)(H,105,116)(H,106,117)(H,112,113)(H,128,129)/t49-,52+,53+,54+,55+,56+,57+,58+,59+,60+,61+,62+,63+,64+,67+,68+/m1/s1. The fourth-order valence-electron chi connectivity index (χ4n) is 14.8. The number of carbonyl (C=O) groups is 17. The monoisotopic (exact) mass is 1830 g/mol. The van der Waals surface area contributed by atoms with Crippen molar-refractivity contribution in [1.29, 1.82) is 0 Å². The van der Waals surface area contributed by atoms with Gasteiger partial charge in [0.05, 0.1) is 49.3 Å². The zero-order chi connectivity index (χ0) is 96.0. The van der Waals surface area contributed by atoms with Crippen molar-refractivity contribution < 1.29 is 102 Å². The first-order valence-corrected chi connectivity index (χ1v) is 44.8. The summed E-state index contributed by atoms with van der Waals surface area (Å²) in [6.07, 6.45) is 6.07. The van der Waals surface area contributed by atoms with E-state index >= 15 is 0 Å². The minimum Gasteiger partial charge on any atom is -0.481 e. The molecule has 0 aliphatic carbocycles. The number of hydrogen-bond acceptors (Lipinski definition) is 27. The lowest BCUT2D eigenvalue weighted by molar-refractivity contribution is -0.143. The molecular formula is C83H143N25O21. The molecule has 2 aromatic heterocycles. The van der Waals surface area contributed by atoms with E-state index in [0.717, 1.165) is 6.92 Å². The van der Waals surface area contributed by atoms with Gasteiger partial charge in [0, 0.05) is 44.7 Å². The molecule has 0 radical (unpaired) electrons. The van der Waals surface area contributed by atoms with Crippen molar-refractivity contribution in [2.24, 2.45) is 52.2 Å². The van der Waals surface area contributed by atoms with Crippen LogP contribution in [0, 0.1) is 17.8 Å². The summed E-state index contributed by atoms with van der Waals surface area (Å²) in [5.41, 5.74) is 35.4. The summed E-state index contributed by atoms with van der Waals surface area (Å²) < 4.78 is 0. The molecule has 129 heavy (non-hydrogen) atoms. The molecule has 0 unspecified atom stereocenters. The number of H-pyrrole nitrogens is 2. The topological polar surface area (TPSA) is 747 Å². The summed E-state index contributed by atoms with van der Waals surface area (Å²) in [4.78, 5) is 255. The van der Waals surface area contributed by atoms with Crippen LogP contribution in [0.2, 0.25) is 0 Å². The SMILES string of the molecule is CC(C)C[C@H](NC(=O)[C@@H](N)C(C)C)C(=O)N[C@@H](CC(C)C)C(=O)N1CCC[C@H]1C(=O)N[C@@H](CCCCN)C(=O)N[C@@H](CCCCN)C(=O)N[C@H](C(=O)N[C@@H](CCC(=O)O)C(=O)N[C@@H](CO)C(=O)N[C@@H](Cc1c[nH]cn1)C(=O)N[C@@H](Cc1c[nH]cn1)C(=O)N[C@@H](CCCCN)C(=O)N1CCC[C@H]1C(=O)N[C@@H](CCCCN)C(=O)NCC(=O)N[C@@H](CCCCN)C(=O)O)[C@@H](C)O. The quantitative estimate of drug-likeness (QED) is 0.0274. The van der Waals surface area contributed by atoms with Gasteiger partial charge in [-0.3, -0.25) is 76.7 Å². The molecule has 16 atom stereocenters. The Morgan fingerprint density at radius 1 is 0.419 bits per heavy atom. The second-order valence-corrected chi connectivity index (χ2v) is 34.0. The van der Waals surface area contributed by atoms with Gasteiger partial charge in [0.25, 0.3) is 0 Å². The molecule has 2 saturated heterocycles. The number of nitrogens with two attached hydrogens (primary N) is 6. The lowest BCUT2D eigenvalue weighted by Crippen LogP contribution is -2.62. The molecule has 31 N–H and O–H groups in total. The molecule has 46 heteroatoms. The number of carboxylic acids is 2. The molecular weight excluding hydrogens is 1680 g/mol. The second kappa shape index (κ2) is 58.6. The Labute approximate surface area is 751 Å². The van der Waals surface area contributed by atoms with Gasteiger partial charge in [-0.25, -0.2) is 14.8 Å². The predicted molar refractivity (Wildman–Crippen MR) is 470 cm³/mol. The summed E-state index contributed by atoms with van der Waals surface area (Å²) >= 11 is 0. The van der Waals surface area contributed by atoms with Crippen LogP contribution in [0.3, 0.4) is 0 Å². The number of nitrogens with zero attached hydrogens (tertiary/aromatic N) is 4. The van der Waals surface area contributed by atoms with Crippen molar-refractivity contribution in [2.45, 2.75) is 306 Å². The van der Waals surface area contributed by atoms with Gasteiger partial charge >= 0.3 is 11.9 Å². The normalized spacial score (nSPS) is 17.0. The molecule has 2 fully saturated rings. The number of rotatable bonds is 63. The fourth-order valence-corrected chi connectivity index (χ4v) is 14.8. The average Bonchev–Trinajstić information content (AvgIpc) is 1.74. The van der Waals surface area contributed by atoms with Crippen molar-refractivity contribution in [1.82, 2.24) is 98.9 Å². The Bertz CT molecular complexity index is 3910. The largest absolute Gasteiger partial charge is 0.481 e. The van der Waals surface area contributed by atoms with E-state index in [2.05, 4.69) is 89.1 Å². The maximum absolute atomic E-state index is 14.9. The van der Waals surface area contributed by atoms with Crippen LogP contribution in [0.4, 0.5) is 0 Å². The van der Waals surface area contributed by atoms with E-state index in [1.54, 1.807) is 13.8 Å². The number of aromatic amines is 2. The third-order valence-corrected chi connectivity index (χ3v) is 22.0. The average molecular weight is 1830 g/mol. The number of unbranched alkanes of at least 4 members (excludes halogenated alkanes) is 5. The van der Waals surface area contributed by atoms with Gasteiger partial charge in [0.15, 0.2) is 0 Å². The van der Waals surface area contributed by atoms with Gasteiger partial charge in [0.1, 0.15) is 84.6 Å². The highest BCUT2D eigenvalue weighted by Crippen LogP contribution is 2.25. The zero-order valence-electron chi connectivity index (χ0n) is 75.3. The Morgan fingerprint density at radius 3 is 1.19 bits per heavy atom. The van der Waals surface area contributed by atoms with Crippen molar-refractivity contribution in [2.75, 3.05) is 59.0 Å². The van der Waals surface area contributed by atoms with Crippen molar-refractivity contribution >= 4 is 101 Å². The molecule has 0 saturated carbocycles. The maximum atomic E-state index is 14.9. The highest BCUT2D eigenvalue weighted by atomic mass is 16.4. The minimum atomic E-state index is -2.01. The van der Waals surface area contributed by atoms with Crippen LogP contribution in [0.25, 0.3) is 0 Å². The van der Waals surface area contributed by atoms with E-state index < -0.39 is 230 Å². The first-order chi connectivity index (χ1) is 61.3. The molecule has 15 amide bonds. The van der Waals surface area contributed by atoms with E-state index in [9.17, 15) is 102 Å². The van der Waals surface area contributed by atoms with Crippen LogP contribution in [-0.2, 0) is 94.3 Å². The molecule has 2 aromatic rings. The number of aromatic nitrogens is 4. The minimum absolute atomic E-state index is 0.0223. The highest BCUT2D eigenvalue weighted by Gasteiger charge is 2.44. The van der Waals surface area contributed by atoms with Crippen LogP contribution in [-0.4, -0.2) is 306 Å². The molecule has 2 aliphatic rings. The van der Waals surface area contributed by atoms with Gasteiger partial charge in [-0.05, 0) is 199 Å². The lowest BCUT2D eigenvalue weighted by atomic mass is 9.98. The van der Waals surface area contributed by atoms with Gasteiger partial charge in [-0.15, -0.1) is 0 Å². The Balaban J connectivity index is 1.57. The lowest BCUT2D eigenvalue weighted by Gasteiger charge is -2.32. The summed E-state index contributed by atoms with van der Waals surface area (Å²) in [5, 5.41) is 74.8. The molecule has 46 nitrogen and oxygen atoms in total. The molecule has 4 heterocycles. The number of amides is 15. The predicted octanol–water partition coefficient (Wildman–Crippen LogP) is -6.12. The smallest absolute Gasteiger partial charge is 0.326 e. The van der Waals surface area contributed by atoms with E-state index in [-0.39, 0.29) is 152 Å². The highest BCUT2D eigenvalue weighted by molar-refractivity contribution is 6.01. The number of hydrogen-bond donors (Lipinski definition) is 25. The molecule has 4 rings (SSSR count). The van der Waals surface area contributed by atoms with Gasteiger partial charge < -0.3 is 144 Å². The first-order valence-electron chi connectivity index (χ1n) is 44.8. The number of likely N-dealkylation sites (tertiary alicyclic amines) is 2. The Hall–Kier alpha value is -10.9. The summed E-state index contributed by atoms with van der Waals surface area (Å²) in [7, 11) is 0. The zero-order valence-corrected chi connectivity index (χ0v) is 75.3. The molecule has 0 spiro atoms. The van der Waals surface area contributed by atoms with Gasteiger partial charge in [-0.2, -0.15) is 0 Å². The van der Waals surface area contributed by atoms with Gasteiger partial charge in [0.2, 0.25) is 88.6 Å². The number of imidazole rings is 2. The van der Waals surface area contributed by atoms with Crippen molar-refractivity contribution in [3.05, 3.63) is 36.4 Å². The number of carboxylic acid groups (broad SMARTS) is 2. The third kappa shape index (κ3) is 38.7. The maximum Gasteiger partial charge on any atom is 0.326 e. The first kappa shape index (κ1) is 110. The number of nitrogens with one attached hydrogen (secondary N) is 15. The summed E-state index contributed by atoms with van der Waals surface area (Å²) in [5.74, 6) is -16.5. The molecule has 726 valence electrons. The molecule has 2 aliphatic heterocycles. The third-order valence-electron chi connectivity index (χ3n) is 22.0. The van der Waals surface area contributed by atoms with Crippen LogP contribution in [0.5, 0.6) is 0 Å². The number of aliphatic carboxylic acids is 2. The van der Waals surface area contributed by atoms with Crippen LogP contribution in [0.15, 0.2) is 25.0 Å². The number of carbonyl (C=O) groups excluding carboxylic acids is 15.